The molecule has 1 N–H and O–H groups in total. The van der Waals surface area contributed by atoms with E-state index in [1.807, 2.05) is 41.2 Å². The van der Waals surface area contributed by atoms with Crippen molar-refractivity contribution in [3.8, 4) is 17.2 Å². The Balaban J connectivity index is 1.47. The summed E-state index contributed by atoms with van der Waals surface area (Å²) in [4.78, 5) is 35.8. The van der Waals surface area contributed by atoms with Crippen molar-refractivity contribution < 1.29 is 24.0 Å². The molecule has 0 aliphatic carbocycles. The number of rotatable bonds is 8. The molecule has 0 bridgehead atoms. The fourth-order valence-corrected chi connectivity index (χ4v) is 3.42. The summed E-state index contributed by atoms with van der Waals surface area (Å²) >= 11 is 0. The number of hydrazone groups is 1. The third-order valence-corrected chi connectivity index (χ3v) is 5.12. The molecule has 36 heavy (non-hydrogen) atoms. The van der Waals surface area contributed by atoms with Crippen LogP contribution < -0.4 is 14.9 Å². The van der Waals surface area contributed by atoms with Crippen LogP contribution in [0.2, 0.25) is 0 Å². The van der Waals surface area contributed by atoms with Crippen LogP contribution in [-0.4, -0.2) is 34.7 Å². The Morgan fingerprint density at radius 2 is 1.64 bits per heavy atom. The van der Waals surface area contributed by atoms with E-state index >= 15 is 0 Å². The van der Waals surface area contributed by atoms with Crippen LogP contribution in [0.15, 0.2) is 96.4 Å². The van der Waals surface area contributed by atoms with Crippen LogP contribution in [0.3, 0.4) is 0 Å². The molecule has 0 aliphatic rings. The molecule has 1 aromatic heterocycles. The number of carbonyl (C=O) groups excluding carboxylic acids is 2. The summed E-state index contributed by atoms with van der Waals surface area (Å²) < 4.78 is 12.5. The van der Waals surface area contributed by atoms with Crippen molar-refractivity contribution in [2.45, 2.75) is 0 Å². The summed E-state index contributed by atoms with van der Waals surface area (Å²) in [6.45, 7) is 0. The molecule has 180 valence electrons. The first-order chi connectivity index (χ1) is 17.5. The number of hydrogen-bond acceptors (Lipinski definition) is 7. The fraction of sp³-hybridized carbons (Fsp3) is 0.0385. The van der Waals surface area contributed by atoms with Crippen LogP contribution >= 0.6 is 0 Å². The number of carbonyl (C=O) groups is 2. The minimum Gasteiger partial charge on any atom is -0.493 e. The van der Waals surface area contributed by atoms with Crippen molar-refractivity contribution in [3.63, 3.8) is 0 Å². The highest BCUT2D eigenvalue weighted by molar-refractivity contribution is 5.98. The smallest absolute Gasteiger partial charge is 0.350 e. The molecule has 10 heteroatoms. The number of nitro groups is 1. The monoisotopic (exact) mass is 484 g/mol. The van der Waals surface area contributed by atoms with Crippen molar-refractivity contribution >= 4 is 23.8 Å². The lowest BCUT2D eigenvalue weighted by atomic mass is 10.1. The predicted molar refractivity (Wildman–Crippen MR) is 132 cm³/mol. The van der Waals surface area contributed by atoms with Gasteiger partial charge in [0.05, 0.1) is 29.5 Å². The van der Waals surface area contributed by atoms with Crippen LogP contribution in [0.5, 0.6) is 11.5 Å². The van der Waals surface area contributed by atoms with E-state index in [2.05, 4.69) is 10.5 Å². The Kier molecular flexibility index (Phi) is 7.16. The maximum atomic E-state index is 12.7. The van der Waals surface area contributed by atoms with E-state index < -0.39 is 16.8 Å². The van der Waals surface area contributed by atoms with E-state index in [1.54, 1.807) is 24.3 Å². The number of benzene rings is 3. The Morgan fingerprint density at radius 3 is 2.36 bits per heavy atom. The second kappa shape index (κ2) is 10.8. The summed E-state index contributed by atoms with van der Waals surface area (Å²) in [6.07, 6.45) is 5.09. The number of methoxy groups -OCH3 is 1. The molecule has 1 heterocycles. The van der Waals surface area contributed by atoms with Gasteiger partial charge in [0.15, 0.2) is 11.5 Å². The van der Waals surface area contributed by atoms with Crippen molar-refractivity contribution in [3.05, 3.63) is 118 Å². The van der Waals surface area contributed by atoms with Gasteiger partial charge in [-0.2, -0.15) is 5.10 Å². The second-order valence-corrected chi connectivity index (χ2v) is 7.38. The minimum atomic E-state index is -0.893. The maximum absolute atomic E-state index is 12.7. The Hall–Kier alpha value is -5.25. The third kappa shape index (κ3) is 5.28. The largest absolute Gasteiger partial charge is 0.493 e. The molecule has 0 aliphatic heterocycles. The molecule has 0 fully saturated rings. The molecule has 0 saturated heterocycles. The zero-order chi connectivity index (χ0) is 25.5. The van der Waals surface area contributed by atoms with Gasteiger partial charge in [0.2, 0.25) is 0 Å². The van der Waals surface area contributed by atoms with E-state index in [9.17, 15) is 19.7 Å². The van der Waals surface area contributed by atoms with Crippen molar-refractivity contribution in [1.29, 1.82) is 0 Å². The van der Waals surface area contributed by atoms with E-state index in [0.717, 1.165) is 0 Å². The molecule has 4 rings (SSSR count). The van der Waals surface area contributed by atoms with Crippen molar-refractivity contribution in [2.75, 3.05) is 7.11 Å². The van der Waals surface area contributed by atoms with E-state index in [0.29, 0.717) is 16.8 Å². The number of nitrogens with zero attached hydrogens (tertiary/aromatic N) is 3. The van der Waals surface area contributed by atoms with Crippen LogP contribution in [0.1, 0.15) is 26.3 Å². The SMILES string of the molecule is COc1cc(/C=N/NC(=O)c2ccccc2-n2cccc2)ccc1OC(=O)c1ccccc1[N+](=O)[O-]. The van der Waals surface area contributed by atoms with Gasteiger partial charge in [-0.1, -0.05) is 24.3 Å². The summed E-state index contributed by atoms with van der Waals surface area (Å²) in [6, 6.07) is 21.0. The molecule has 0 radical (unpaired) electrons. The molecule has 10 nitrogen and oxygen atoms in total. The highest BCUT2D eigenvalue weighted by Crippen LogP contribution is 2.29. The summed E-state index contributed by atoms with van der Waals surface area (Å²) in [5, 5.41) is 15.2. The molecule has 4 aromatic rings. The van der Waals surface area contributed by atoms with E-state index in [1.165, 1.54) is 43.7 Å². The molecule has 3 aromatic carbocycles. The molecule has 0 saturated carbocycles. The Bertz CT molecular complexity index is 1450. The lowest BCUT2D eigenvalue weighted by molar-refractivity contribution is -0.385. The van der Waals surface area contributed by atoms with Gasteiger partial charge in [0, 0.05) is 18.5 Å². The van der Waals surface area contributed by atoms with Crippen LogP contribution in [-0.2, 0) is 0 Å². The van der Waals surface area contributed by atoms with Crippen molar-refractivity contribution in [2.24, 2.45) is 5.10 Å². The highest BCUT2D eigenvalue weighted by Gasteiger charge is 2.22. The quantitative estimate of drug-likeness (QED) is 0.130. The molecule has 0 spiro atoms. The summed E-state index contributed by atoms with van der Waals surface area (Å²) in [5.74, 6) is -1.01. The predicted octanol–water partition coefficient (Wildman–Crippen LogP) is 4.38. The average Bonchev–Trinajstić information content (AvgIpc) is 3.44. The minimum absolute atomic E-state index is 0.0717. The average molecular weight is 484 g/mol. The van der Waals surface area contributed by atoms with Gasteiger partial charge in [-0.3, -0.25) is 14.9 Å². The number of nitrogens with one attached hydrogen (secondary N) is 1. The molecule has 0 atom stereocenters. The van der Waals surface area contributed by atoms with Crippen LogP contribution in [0.4, 0.5) is 5.69 Å². The van der Waals surface area contributed by atoms with Gasteiger partial charge in [0.1, 0.15) is 5.56 Å². The number of amides is 1. The van der Waals surface area contributed by atoms with Gasteiger partial charge in [-0.15, -0.1) is 0 Å². The van der Waals surface area contributed by atoms with Gasteiger partial charge < -0.3 is 14.0 Å². The first-order valence-corrected chi connectivity index (χ1v) is 10.7. The molecular formula is C26H20N4O6. The Morgan fingerprint density at radius 1 is 0.944 bits per heavy atom. The number of ether oxygens (including phenoxy) is 2. The zero-order valence-electron chi connectivity index (χ0n) is 19.0. The molecule has 0 unspecified atom stereocenters. The number of nitro benzene ring substituents is 1. The number of hydrogen-bond donors (Lipinski definition) is 1. The lowest BCUT2D eigenvalue weighted by Crippen LogP contribution is -2.19. The van der Waals surface area contributed by atoms with Gasteiger partial charge in [-0.25, -0.2) is 10.2 Å². The maximum Gasteiger partial charge on any atom is 0.350 e. The normalized spacial score (nSPS) is 10.7. The standard InChI is InChI=1S/C26H20N4O6/c1-35-24-16-18(12-13-23(24)36-26(32)20-9-3-5-11-22(20)30(33)34)17-27-28-25(31)19-8-2-4-10-21(19)29-14-6-7-15-29/h2-17H,1H3,(H,28,31)/b27-17+. The third-order valence-electron chi connectivity index (χ3n) is 5.12. The number of para-hydroxylation sites is 2. The van der Waals surface area contributed by atoms with Crippen LogP contribution in [0, 0.1) is 10.1 Å². The van der Waals surface area contributed by atoms with Crippen molar-refractivity contribution in [1.82, 2.24) is 9.99 Å². The van der Waals surface area contributed by atoms with Gasteiger partial charge in [-0.05, 0) is 54.1 Å². The number of aromatic nitrogens is 1. The topological polar surface area (TPSA) is 125 Å². The zero-order valence-corrected chi connectivity index (χ0v) is 19.0. The first-order valence-electron chi connectivity index (χ1n) is 10.7. The Labute approximate surface area is 205 Å². The molecular weight excluding hydrogens is 464 g/mol. The highest BCUT2D eigenvalue weighted by atomic mass is 16.6. The first kappa shape index (κ1) is 23.9. The fourth-order valence-electron chi connectivity index (χ4n) is 3.42. The van der Waals surface area contributed by atoms with Gasteiger partial charge in [0.25, 0.3) is 11.6 Å². The van der Waals surface area contributed by atoms with E-state index in [4.69, 9.17) is 9.47 Å². The lowest BCUT2D eigenvalue weighted by Gasteiger charge is -2.10. The molecule has 1 amide bonds. The second-order valence-electron chi connectivity index (χ2n) is 7.38. The summed E-state index contributed by atoms with van der Waals surface area (Å²) in [7, 11) is 1.39. The van der Waals surface area contributed by atoms with E-state index in [-0.39, 0.29) is 22.7 Å². The van der Waals surface area contributed by atoms with Gasteiger partial charge >= 0.3 is 5.97 Å². The number of esters is 1. The van der Waals surface area contributed by atoms with Crippen LogP contribution in [0.25, 0.3) is 5.69 Å². The summed E-state index contributed by atoms with van der Waals surface area (Å²) in [5.41, 5.74) is 3.66.